The fourth-order valence-electron chi connectivity index (χ4n) is 5.89. The number of rotatable bonds is 10. The van der Waals surface area contributed by atoms with Gasteiger partial charge in [-0.25, -0.2) is 0 Å². The van der Waals surface area contributed by atoms with E-state index < -0.39 is 15.8 Å². The first kappa shape index (κ1) is 71.4. The molecule has 5 aromatic carbocycles. The van der Waals surface area contributed by atoms with Crippen LogP contribution in [0.1, 0.15) is 66.5 Å². The molecule has 2 aromatic heterocycles. The summed E-state index contributed by atoms with van der Waals surface area (Å²) in [6, 6.07) is 63.2. The van der Waals surface area contributed by atoms with E-state index in [1.807, 2.05) is 24.5 Å². The van der Waals surface area contributed by atoms with Crippen LogP contribution in [0.5, 0.6) is 0 Å². The van der Waals surface area contributed by atoms with E-state index in [0.29, 0.717) is 0 Å². The molecule has 0 bridgehead atoms. The maximum absolute atomic E-state index is 9.98. The zero-order valence-corrected chi connectivity index (χ0v) is 49.8. The molecular formula is C62H66N2O8P2Ru2. The minimum atomic E-state index is -0.557. The van der Waals surface area contributed by atoms with Crippen molar-refractivity contribution in [3.8, 4) is 0 Å². The zero-order valence-electron chi connectivity index (χ0n) is 44.5. The Morgan fingerprint density at radius 2 is 0.526 bits per heavy atom. The van der Waals surface area contributed by atoms with Crippen molar-refractivity contribution in [2.24, 2.45) is 0 Å². The largest absolute Gasteiger partial charge is 2.00 e. The quantitative estimate of drug-likeness (QED) is 0.0581. The molecule has 0 atom stereocenters. The summed E-state index contributed by atoms with van der Waals surface area (Å²) >= 11 is 0. The van der Waals surface area contributed by atoms with Gasteiger partial charge < -0.3 is 20.4 Å². The monoisotopic (exact) mass is 1230 g/mol. The maximum atomic E-state index is 9.98. The molecule has 0 fully saturated rings. The minimum absolute atomic E-state index is 0. The van der Waals surface area contributed by atoms with Crippen molar-refractivity contribution >= 4 is 71.1 Å². The third-order valence-electron chi connectivity index (χ3n) is 8.66. The van der Waals surface area contributed by atoms with Gasteiger partial charge >= 0.3 is 39.0 Å². The van der Waals surface area contributed by atoms with E-state index in [4.69, 9.17) is 0 Å². The van der Waals surface area contributed by atoms with Crippen molar-refractivity contribution in [1.29, 1.82) is 0 Å². The number of allylic oxidation sites excluding steroid dienone is 8. The second kappa shape index (κ2) is 42.6. The van der Waals surface area contributed by atoms with Crippen LogP contribution in [0.15, 0.2) is 242 Å². The van der Waals surface area contributed by atoms with Gasteiger partial charge in [0.1, 0.15) is 0 Å². The molecule has 14 heteroatoms. The molecule has 0 unspecified atom stereocenters. The molecule has 0 N–H and O–H groups in total. The predicted octanol–water partition coefficient (Wildman–Crippen LogP) is 7.34. The molecule has 76 heavy (non-hydrogen) atoms. The summed E-state index contributed by atoms with van der Waals surface area (Å²) in [5.74, 6) is -1.50. The van der Waals surface area contributed by atoms with Crippen molar-refractivity contribution in [2.75, 3.05) is 0 Å². The number of carbonyl (C=O) groups excluding carboxylic acids is 4. The van der Waals surface area contributed by atoms with Crippen LogP contribution in [0, 0.1) is 13.8 Å². The molecule has 0 radical (unpaired) electrons. The third kappa shape index (κ3) is 35.5. The maximum Gasteiger partial charge on any atom is 2.00 e. The van der Waals surface area contributed by atoms with Crippen LogP contribution in [0.4, 0.5) is 0 Å². The van der Waals surface area contributed by atoms with Gasteiger partial charge in [-0.05, 0) is 111 Å². The van der Waals surface area contributed by atoms with E-state index in [9.17, 15) is 39.6 Å². The first-order valence-electron chi connectivity index (χ1n) is 23.3. The number of hydrogen-bond donors (Lipinski definition) is 0. The summed E-state index contributed by atoms with van der Waals surface area (Å²) in [5.41, 5.74) is 4.95. The molecule has 10 nitrogen and oxygen atoms in total. The Labute approximate surface area is 478 Å². The second-order valence-corrected chi connectivity index (χ2v) is 20.3. The summed E-state index contributed by atoms with van der Waals surface area (Å²) in [6.45, 7) is 15.0. The Kier molecular flexibility index (Phi) is 40.0. The predicted molar refractivity (Wildman–Crippen MR) is 300 cm³/mol. The molecule has 2 heterocycles. The number of aromatic nitrogens is 2. The fourth-order valence-corrected chi connectivity index (χ4v) is 10.3. The molecule has 0 aliphatic carbocycles. The SMILES string of the molecule is CC(=O)/C=C(/C)[O-].CC(=O)/C=C(/C)[O-].CC(=O)/C=C(/C)[O-].CC(=O)/C=C(/C)[O-].Cc1ccc(C)cc1.[Ru+2].[Ru+2].c1ccc(P(c2ccccc2)c2ccccn2)cc1.c1ccc(P(c2ccccc2)c2ccccn2)cc1. The van der Waals surface area contributed by atoms with E-state index in [-0.39, 0.29) is 85.1 Å². The van der Waals surface area contributed by atoms with Gasteiger partial charge in [0.05, 0.1) is 10.9 Å². The molecule has 0 aliphatic rings. The fraction of sp³-hybridized carbons (Fsp3) is 0.161. The number of aryl methyl sites for hydroxylation is 2. The molecule has 7 rings (SSSR count). The van der Waals surface area contributed by atoms with E-state index in [2.05, 4.69) is 194 Å². The number of ketones is 4. The summed E-state index contributed by atoms with van der Waals surface area (Å²) in [4.78, 5) is 49.0. The Bertz CT molecular complexity index is 2360. The number of hydrogen-bond acceptors (Lipinski definition) is 10. The number of carbonyl (C=O) groups is 4. The molecular weight excluding hydrogens is 1160 g/mol. The van der Waals surface area contributed by atoms with Gasteiger partial charge in [-0.1, -0.05) is 197 Å². The van der Waals surface area contributed by atoms with Gasteiger partial charge in [0.15, 0.2) is 23.1 Å². The van der Waals surface area contributed by atoms with Crippen LogP contribution >= 0.6 is 15.8 Å². The molecule has 398 valence electrons. The van der Waals surface area contributed by atoms with Crippen LogP contribution in [0.2, 0.25) is 0 Å². The average molecular weight is 1230 g/mol. The number of pyridine rings is 2. The normalized spacial score (nSPS) is 10.5. The third-order valence-corrected chi connectivity index (χ3v) is 13.4. The van der Waals surface area contributed by atoms with Crippen LogP contribution in [-0.4, -0.2) is 33.1 Å². The summed E-state index contributed by atoms with van der Waals surface area (Å²) in [7, 11) is -1.11. The number of nitrogens with zero attached hydrogens (tertiary/aromatic N) is 2. The van der Waals surface area contributed by atoms with Gasteiger partial charge in [-0.15, -0.1) is 23.0 Å². The Morgan fingerprint density at radius 1 is 0.329 bits per heavy atom. The van der Waals surface area contributed by atoms with Crippen molar-refractivity contribution in [1.82, 2.24) is 9.97 Å². The molecule has 0 aliphatic heterocycles. The van der Waals surface area contributed by atoms with E-state index >= 15 is 0 Å². The smallest absolute Gasteiger partial charge is 0.876 e. The summed E-state index contributed by atoms with van der Waals surface area (Å²) in [5, 5.41) is 45.3. The van der Waals surface area contributed by atoms with Gasteiger partial charge in [0.25, 0.3) is 0 Å². The Morgan fingerprint density at radius 3 is 0.671 bits per heavy atom. The van der Waals surface area contributed by atoms with E-state index in [1.54, 1.807) is 0 Å². The Hall–Kier alpha value is -6.65. The van der Waals surface area contributed by atoms with Crippen molar-refractivity contribution in [3.05, 3.63) is 253 Å². The van der Waals surface area contributed by atoms with E-state index in [0.717, 1.165) is 35.2 Å². The number of benzene rings is 5. The van der Waals surface area contributed by atoms with E-state index in [1.165, 1.54) is 87.7 Å². The first-order chi connectivity index (χ1) is 35.2. The first-order valence-corrected chi connectivity index (χ1v) is 26.0. The second-order valence-electron chi connectivity index (χ2n) is 16.0. The van der Waals surface area contributed by atoms with Gasteiger partial charge in [0.2, 0.25) is 0 Å². The molecule has 0 spiro atoms. The molecule has 0 saturated carbocycles. The van der Waals surface area contributed by atoms with Gasteiger partial charge in [0, 0.05) is 28.2 Å². The zero-order chi connectivity index (χ0) is 55.3. The van der Waals surface area contributed by atoms with Crippen molar-refractivity contribution in [2.45, 2.75) is 69.2 Å². The van der Waals surface area contributed by atoms with Crippen molar-refractivity contribution < 1.29 is 78.6 Å². The minimum Gasteiger partial charge on any atom is -0.876 e. The van der Waals surface area contributed by atoms with Gasteiger partial charge in [-0.3, -0.25) is 29.1 Å². The van der Waals surface area contributed by atoms with Crippen molar-refractivity contribution in [3.63, 3.8) is 0 Å². The van der Waals surface area contributed by atoms with Crippen LogP contribution in [0.3, 0.4) is 0 Å². The van der Waals surface area contributed by atoms with Crippen LogP contribution in [-0.2, 0) is 58.1 Å². The summed E-state index contributed by atoms with van der Waals surface area (Å²) < 4.78 is 0. The molecule has 7 aromatic rings. The average Bonchev–Trinajstić information content (AvgIpc) is 3.34. The standard InChI is InChI=1S/2C17H14NP.C8H10.4C5H8O2.2Ru/c2*1-3-9-15(10-4-1)19(16-11-5-2-6-12-16)17-13-7-8-14-18-17;1-7-3-5-8(2)6-4-7;4*1-4(6)3-5(2)7;;/h2*1-14H;3-6H,1-2H3;4*3,6H,1-2H3;;/q;;;;;;;2*+2/p-4/b;;;4*4-3-;;. The topological polar surface area (TPSA) is 186 Å². The van der Waals surface area contributed by atoms with Crippen LogP contribution in [0.25, 0.3) is 0 Å². The van der Waals surface area contributed by atoms with Gasteiger partial charge in [-0.2, -0.15) is 0 Å². The Balaban J connectivity index is 0. The van der Waals surface area contributed by atoms with Crippen LogP contribution < -0.4 is 52.5 Å². The molecule has 0 saturated heterocycles. The summed E-state index contributed by atoms with van der Waals surface area (Å²) in [6.07, 6.45) is 7.97. The molecule has 0 amide bonds.